The van der Waals surface area contributed by atoms with Crippen LogP contribution in [-0.4, -0.2) is 23.0 Å². The van der Waals surface area contributed by atoms with Gasteiger partial charge in [0.2, 0.25) is 5.91 Å². The van der Waals surface area contributed by atoms with Crippen molar-refractivity contribution in [2.24, 2.45) is 0 Å². The maximum atomic E-state index is 11.6. The minimum Gasteiger partial charge on any atom is -0.349 e. The van der Waals surface area contributed by atoms with E-state index in [4.69, 9.17) is 0 Å². The molecule has 94 valence electrons. The summed E-state index contributed by atoms with van der Waals surface area (Å²) in [6, 6.07) is 3.88. The molecule has 4 heteroatoms. The second-order valence-corrected chi connectivity index (χ2v) is 5.15. The summed E-state index contributed by atoms with van der Waals surface area (Å²) in [5.74, 6) is -0.00928. The number of aromatic nitrogens is 1. The predicted molar refractivity (Wildman–Crippen MR) is 68.6 cm³/mol. The van der Waals surface area contributed by atoms with Gasteiger partial charge >= 0.3 is 0 Å². The topological polar surface area (TPSA) is 54.0 Å². The van der Waals surface area contributed by atoms with Gasteiger partial charge in [-0.2, -0.15) is 0 Å². The van der Waals surface area contributed by atoms with Crippen LogP contribution in [0.25, 0.3) is 0 Å². The molecule has 0 fully saturated rings. The van der Waals surface area contributed by atoms with Crippen molar-refractivity contribution < 1.29 is 4.79 Å². The predicted octanol–water partition coefficient (Wildman–Crippen LogP) is 1.39. The van der Waals surface area contributed by atoms with Crippen molar-refractivity contribution in [2.45, 2.75) is 39.8 Å². The molecule has 1 heterocycles. The molecule has 1 aromatic heterocycles. The Morgan fingerprint density at radius 3 is 2.71 bits per heavy atom. The van der Waals surface area contributed by atoms with Crippen molar-refractivity contribution >= 4 is 5.91 Å². The zero-order chi connectivity index (χ0) is 12.9. The number of aryl methyl sites for hydroxylation is 1. The number of pyridine rings is 1. The Hall–Kier alpha value is -1.42. The Balaban J connectivity index is 2.36. The average Bonchev–Trinajstić information content (AvgIpc) is 2.24. The lowest BCUT2D eigenvalue weighted by Gasteiger charge is -2.20. The van der Waals surface area contributed by atoms with Crippen molar-refractivity contribution in [3.8, 4) is 0 Å². The molecular formula is C13H21N3O. The fourth-order valence-corrected chi connectivity index (χ4v) is 1.29. The molecule has 0 aliphatic rings. The second kappa shape index (κ2) is 5.77. The van der Waals surface area contributed by atoms with E-state index in [2.05, 4.69) is 15.6 Å². The lowest BCUT2D eigenvalue weighted by atomic mass is 10.1. The highest BCUT2D eigenvalue weighted by atomic mass is 16.1. The summed E-state index contributed by atoms with van der Waals surface area (Å²) in [7, 11) is 0. The van der Waals surface area contributed by atoms with Gasteiger partial charge in [0.15, 0.2) is 0 Å². The number of rotatable bonds is 4. The first-order chi connectivity index (χ1) is 7.88. The van der Waals surface area contributed by atoms with Gasteiger partial charge in [-0.1, -0.05) is 6.07 Å². The third-order valence-electron chi connectivity index (χ3n) is 2.35. The van der Waals surface area contributed by atoms with Gasteiger partial charge in [-0.3, -0.25) is 9.78 Å². The lowest BCUT2D eigenvalue weighted by Crippen LogP contribution is -2.43. The maximum absolute atomic E-state index is 11.6. The number of nitrogens with zero attached hydrogens (tertiary/aromatic N) is 1. The summed E-state index contributed by atoms with van der Waals surface area (Å²) in [6.07, 6.45) is 1.74. The zero-order valence-electron chi connectivity index (χ0n) is 11.0. The van der Waals surface area contributed by atoms with Crippen LogP contribution in [0.3, 0.4) is 0 Å². The third-order valence-corrected chi connectivity index (χ3v) is 2.35. The number of carbonyl (C=O) groups excluding carboxylic acids is 1. The first-order valence-electron chi connectivity index (χ1n) is 5.81. The van der Waals surface area contributed by atoms with E-state index in [1.165, 1.54) is 0 Å². The molecule has 0 aromatic carbocycles. The van der Waals surface area contributed by atoms with Crippen LogP contribution in [-0.2, 0) is 11.3 Å². The molecule has 1 amide bonds. The van der Waals surface area contributed by atoms with Crippen molar-refractivity contribution in [1.29, 1.82) is 0 Å². The van der Waals surface area contributed by atoms with Crippen LogP contribution in [0.2, 0.25) is 0 Å². The van der Waals surface area contributed by atoms with Crippen molar-refractivity contribution in [3.63, 3.8) is 0 Å². The fraction of sp³-hybridized carbons (Fsp3) is 0.538. The highest BCUT2D eigenvalue weighted by molar-refractivity contribution is 5.78. The Morgan fingerprint density at radius 2 is 2.12 bits per heavy atom. The normalized spacial score (nSPS) is 11.3. The first-order valence-corrected chi connectivity index (χ1v) is 5.81. The smallest absolute Gasteiger partial charge is 0.234 e. The van der Waals surface area contributed by atoms with Crippen LogP contribution in [0.15, 0.2) is 18.3 Å². The van der Waals surface area contributed by atoms with E-state index >= 15 is 0 Å². The van der Waals surface area contributed by atoms with Gasteiger partial charge in [0.25, 0.3) is 0 Å². The largest absolute Gasteiger partial charge is 0.349 e. The molecule has 0 saturated heterocycles. The molecule has 0 atom stereocenters. The molecule has 0 saturated carbocycles. The molecule has 4 nitrogen and oxygen atoms in total. The van der Waals surface area contributed by atoms with E-state index in [-0.39, 0.29) is 11.4 Å². The van der Waals surface area contributed by atoms with Crippen LogP contribution in [0.5, 0.6) is 0 Å². The monoisotopic (exact) mass is 235 g/mol. The van der Waals surface area contributed by atoms with E-state index in [1.54, 1.807) is 6.20 Å². The van der Waals surface area contributed by atoms with Crippen molar-refractivity contribution in [3.05, 3.63) is 29.6 Å². The number of nitrogens with one attached hydrogen (secondary N) is 2. The molecule has 0 spiro atoms. The molecule has 0 aliphatic carbocycles. The van der Waals surface area contributed by atoms with E-state index in [1.807, 2.05) is 39.8 Å². The summed E-state index contributed by atoms with van der Waals surface area (Å²) in [5.41, 5.74) is 1.96. The summed E-state index contributed by atoms with van der Waals surface area (Å²) in [6.45, 7) is 8.89. The van der Waals surface area contributed by atoms with E-state index in [0.29, 0.717) is 13.1 Å². The van der Waals surface area contributed by atoms with Gasteiger partial charge in [0.05, 0.1) is 18.8 Å². The number of hydrogen-bond acceptors (Lipinski definition) is 3. The molecule has 0 unspecified atom stereocenters. The van der Waals surface area contributed by atoms with Crippen molar-refractivity contribution in [2.75, 3.05) is 6.54 Å². The molecular weight excluding hydrogens is 214 g/mol. The highest BCUT2D eigenvalue weighted by Gasteiger charge is 2.11. The molecule has 1 aromatic rings. The van der Waals surface area contributed by atoms with Crippen LogP contribution < -0.4 is 10.6 Å². The van der Waals surface area contributed by atoms with Crippen molar-refractivity contribution in [1.82, 2.24) is 15.6 Å². The summed E-state index contributed by atoms with van der Waals surface area (Å²) < 4.78 is 0. The van der Waals surface area contributed by atoms with E-state index in [9.17, 15) is 4.79 Å². The van der Waals surface area contributed by atoms with E-state index in [0.717, 1.165) is 11.3 Å². The van der Waals surface area contributed by atoms with Gasteiger partial charge < -0.3 is 10.6 Å². The highest BCUT2D eigenvalue weighted by Crippen LogP contribution is 2.02. The van der Waals surface area contributed by atoms with E-state index < -0.39 is 0 Å². The van der Waals surface area contributed by atoms with Crippen LogP contribution in [0.4, 0.5) is 0 Å². The Kier molecular flexibility index (Phi) is 4.63. The number of hydrogen-bond donors (Lipinski definition) is 2. The van der Waals surface area contributed by atoms with Gasteiger partial charge in [0, 0.05) is 11.7 Å². The second-order valence-electron chi connectivity index (χ2n) is 5.15. The van der Waals surface area contributed by atoms with Crippen LogP contribution in [0, 0.1) is 6.92 Å². The third kappa shape index (κ3) is 5.45. The summed E-state index contributed by atoms with van der Waals surface area (Å²) in [5, 5.41) is 5.99. The molecule has 1 rings (SSSR count). The lowest BCUT2D eigenvalue weighted by molar-refractivity contribution is -0.120. The molecule has 2 N–H and O–H groups in total. The number of carbonyl (C=O) groups is 1. The Morgan fingerprint density at radius 1 is 1.41 bits per heavy atom. The van der Waals surface area contributed by atoms with Crippen LogP contribution >= 0.6 is 0 Å². The molecule has 0 aliphatic heterocycles. The molecule has 17 heavy (non-hydrogen) atoms. The molecule has 0 bridgehead atoms. The quantitative estimate of drug-likeness (QED) is 0.829. The Bertz CT molecular complexity index is 382. The zero-order valence-corrected chi connectivity index (χ0v) is 11.0. The average molecular weight is 235 g/mol. The summed E-state index contributed by atoms with van der Waals surface area (Å²) >= 11 is 0. The van der Waals surface area contributed by atoms with Gasteiger partial charge in [-0.25, -0.2) is 0 Å². The van der Waals surface area contributed by atoms with Gasteiger partial charge in [-0.15, -0.1) is 0 Å². The first kappa shape index (κ1) is 13.6. The fourth-order valence-electron chi connectivity index (χ4n) is 1.29. The summed E-state index contributed by atoms with van der Waals surface area (Å²) in [4.78, 5) is 15.8. The van der Waals surface area contributed by atoms with Gasteiger partial charge in [0.1, 0.15) is 0 Å². The standard InChI is InChI=1S/C13H21N3O/c1-10-6-5-7-14-11(10)8-15-12(17)9-16-13(2,3)4/h5-7,16H,8-9H2,1-4H3,(H,15,17). The van der Waals surface area contributed by atoms with Gasteiger partial charge in [-0.05, 0) is 39.3 Å². The molecule has 0 radical (unpaired) electrons. The van der Waals surface area contributed by atoms with Crippen LogP contribution in [0.1, 0.15) is 32.0 Å². The SMILES string of the molecule is Cc1cccnc1CNC(=O)CNC(C)(C)C. The minimum atomic E-state index is -0.0434. The number of amides is 1. The maximum Gasteiger partial charge on any atom is 0.234 e. The minimum absolute atomic E-state index is 0.00928. The Labute approximate surface area is 103 Å².